The van der Waals surface area contributed by atoms with Gasteiger partial charge in [-0.15, -0.1) is 11.8 Å². The van der Waals surface area contributed by atoms with Crippen LogP contribution in [0.25, 0.3) is 0 Å². The number of thioether (sulfide) groups is 1. The van der Waals surface area contributed by atoms with Crippen molar-refractivity contribution in [1.82, 2.24) is 16.0 Å². The molecule has 2 rings (SSSR count). The van der Waals surface area contributed by atoms with E-state index in [9.17, 15) is 19.6 Å². The number of nitriles is 1. The highest BCUT2D eigenvalue weighted by Crippen LogP contribution is 2.15. The van der Waals surface area contributed by atoms with E-state index < -0.39 is 17.1 Å². The maximum absolute atomic E-state index is 12.4. The highest BCUT2D eigenvalue weighted by Gasteiger charge is 2.16. The Bertz CT molecular complexity index is 1020. The van der Waals surface area contributed by atoms with Crippen LogP contribution in [0.4, 0.5) is 4.79 Å². The molecule has 0 saturated carbocycles. The fraction of sp³-hybridized carbons (Fsp3) is 0.360. The molecule has 0 aliphatic heterocycles. The lowest BCUT2D eigenvalue weighted by molar-refractivity contribution is -0.120. The van der Waals surface area contributed by atoms with Crippen LogP contribution < -0.4 is 16.0 Å². The summed E-state index contributed by atoms with van der Waals surface area (Å²) in [6, 6.07) is 18.6. The smallest absolute Gasteiger partial charge is 0.407 e. The van der Waals surface area contributed by atoms with Gasteiger partial charge in [-0.2, -0.15) is 5.26 Å². The highest BCUT2D eigenvalue weighted by atomic mass is 32.2. The van der Waals surface area contributed by atoms with Crippen LogP contribution in [-0.2, 0) is 21.8 Å². The van der Waals surface area contributed by atoms with Crippen molar-refractivity contribution in [2.45, 2.75) is 50.5 Å². The fourth-order valence-electron chi connectivity index (χ4n) is 2.79. The maximum Gasteiger partial charge on any atom is 0.407 e. The average Bonchev–Trinajstić information content (AvgIpc) is 2.80. The van der Waals surface area contributed by atoms with Gasteiger partial charge in [0.15, 0.2) is 5.37 Å². The lowest BCUT2D eigenvalue weighted by atomic mass is 10.1. The van der Waals surface area contributed by atoms with Crippen molar-refractivity contribution >= 4 is 29.7 Å². The minimum absolute atomic E-state index is 0.0513. The van der Waals surface area contributed by atoms with E-state index >= 15 is 0 Å². The minimum atomic E-state index is -0.669. The predicted octanol–water partition coefficient (Wildman–Crippen LogP) is 3.73. The molecule has 0 bridgehead atoms. The summed E-state index contributed by atoms with van der Waals surface area (Å²) < 4.78 is 5.20. The summed E-state index contributed by atoms with van der Waals surface area (Å²) in [5.41, 5.74) is 1.63. The van der Waals surface area contributed by atoms with E-state index in [4.69, 9.17) is 4.74 Å². The van der Waals surface area contributed by atoms with Gasteiger partial charge in [0.1, 0.15) is 5.60 Å². The molecule has 3 amide bonds. The molecular formula is C25H30N4O4S. The fourth-order valence-corrected chi connectivity index (χ4v) is 3.63. The number of alkyl carbamates (subject to hydrolysis) is 1. The zero-order chi connectivity index (χ0) is 25.0. The molecule has 2 aromatic rings. The summed E-state index contributed by atoms with van der Waals surface area (Å²) in [6.45, 7) is 5.69. The Labute approximate surface area is 204 Å². The van der Waals surface area contributed by atoms with Gasteiger partial charge < -0.3 is 20.7 Å². The van der Waals surface area contributed by atoms with Crippen LogP contribution in [0.2, 0.25) is 0 Å². The zero-order valence-corrected chi connectivity index (χ0v) is 20.4. The topological polar surface area (TPSA) is 120 Å². The monoisotopic (exact) mass is 482 g/mol. The third-order valence-corrected chi connectivity index (χ3v) is 5.39. The zero-order valence-electron chi connectivity index (χ0n) is 19.6. The van der Waals surface area contributed by atoms with Crippen LogP contribution in [0.15, 0.2) is 54.6 Å². The molecule has 0 spiro atoms. The van der Waals surface area contributed by atoms with Gasteiger partial charge in [-0.3, -0.25) is 9.59 Å². The molecule has 0 fully saturated rings. The molecule has 2 aromatic carbocycles. The number of hydrogen-bond donors (Lipinski definition) is 3. The molecule has 0 aliphatic rings. The molecule has 1 atom stereocenters. The number of ether oxygens (including phenoxy) is 1. The van der Waals surface area contributed by atoms with Crippen LogP contribution in [0, 0.1) is 11.3 Å². The Kier molecular flexibility index (Phi) is 10.4. The predicted molar refractivity (Wildman–Crippen MR) is 132 cm³/mol. The molecular weight excluding hydrogens is 452 g/mol. The molecule has 0 saturated heterocycles. The van der Waals surface area contributed by atoms with Crippen molar-refractivity contribution < 1.29 is 19.1 Å². The third kappa shape index (κ3) is 10.4. The van der Waals surface area contributed by atoms with Crippen LogP contribution in [-0.4, -0.2) is 35.4 Å². The van der Waals surface area contributed by atoms with E-state index in [0.29, 0.717) is 11.3 Å². The number of benzene rings is 2. The standard InChI is InChI=1S/C25H30N4O4S/c1-25(2,3)33-24(32)28-16-19-10-7-11-20(14-19)23(31)27-13-12-21(30)29-22(15-26)34-17-18-8-5-4-6-9-18/h4-11,14,22H,12-13,16-17H2,1-3H3,(H,27,31)(H,28,32)(H,29,30)/t22-/m1/s1. The van der Waals surface area contributed by atoms with Crippen molar-refractivity contribution in [3.63, 3.8) is 0 Å². The molecule has 180 valence electrons. The van der Waals surface area contributed by atoms with Crippen LogP contribution in [0.1, 0.15) is 48.7 Å². The van der Waals surface area contributed by atoms with Crippen molar-refractivity contribution in [3.8, 4) is 6.07 Å². The van der Waals surface area contributed by atoms with E-state index in [0.717, 1.165) is 11.1 Å². The van der Waals surface area contributed by atoms with E-state index in [1.807, 2.05) is 30.3 Å². The second-order valence-corrected chi connectivity index (χ2v) is 9.53. The van der Waals surface area contributed by atoms with Gasteiger partial charge in [-0.05, 0) is 44.0 Å². The third-order valence-electron chi connectivity index (χ3n) is 4.33. The first-order valence-corrected chi connectivity index (χ1v) is 11.9. The first-order valence-electron chi connectivity index (χ1n) is 10.8. The first kappa shape index (κ1) is 26.7. The van der Waals surface area contributed by atoms with E-state index in [1.165, 1.54) is 11.8 Å². The van der Waals surface area contributed by atoms with Crippen LogP contribution >= 0.6 is 11.8 Å². The van der Waals surface area contributed by atoms with E-state index in [2.05, 4.69) is 22.0 Å². The average molecular weight is 483 g/mol. The van der Waals surface area contributed by atoms with Crippen molar-refractivity contribution in [2.75, 3.05) is 6.54 Å². The van der Waals surface area contributed by atoms with Gasteiger partial charge in [0.25, 0.3) is 5.91 Å². The summed E-state index contributed by atoms with van der Waals surface area (Å²) in [4.78, 5) is 36.4. The van der Waals surface area contributed by atoms with Crippen molar-refractivity contribution in [3.05, 3.63) is 71.3 Å². The SMILES string of the molecule is CC(C)(C)OC(=O)NCc1cccc(C(=O)NCCC(=O)N[C@@H](C#N)SCc2ccccc2)c1. The number of carbonyl (C=O) groups excluding carboxylic acids is 3. The number of nitrogens with zero attached hydrogens (tertiary/aromatic N) is 1. The highest BCUT2D eigenvalue weighted by molar-refractivity contribution is 7.99. The molecule has 0 unspecified atom stereocenters. The molecule has 0 aliphatic carbocycles. The van der Waals surface area contributed by atoms with E-state index in [-0.39, 0.29) is 31.3 Å². The molecule has 8 nitrogen and oxygen atoms in total. The van der Waals surface area contributed by atoms with Gasteiger partial charge >= 0.3 is 6.09 Å². The summed E-state index contributed by atoms with van der Waals surface area (Å²) >= 11 is 1.33. The van der Waals surface area contributed by atoms with Crippen LogP contribution in [0.3, 0.4) is 0 Å². The second-order valence-electron chi connectivity index (χ2n) is 8.43. The first-order chi connectivity index (χ1) is 16.2. The summed E-state index contributed by atoms with van der Waals surface area (Å²) in [5, 5.41) is 16.6. The molecule has 0 aromatic heterocycles. The Hall–Kier alpha value is -3.51. The Morgan fingerprint density at radius 2 is 1.74 bits per heavy atom. The quantitative estimate of drug-likeness (QED) is 0.444. The van der Waals surface area contributed by atoms with Gasteiger partial charge in [0, 0.05) is 30.8 Å². The normalized spacial score (nSPS) is 11.6. The van der Waals surface area contributed by atoms with Crippen LogP contribution in [0.5, 0.6) is 0 Å². The second kappa shape index (κ2) is 13.3. The minimum Gasteiger partial charge on any atom is -0.444 e. The maximum atomic E-state index is 12.4. The number of rotatable bonds is 10. The van der Waals surface area contributed by atoms with Gasteiger partial charge in [-0.1, -0.05) is 42.5 Å². The lowest BCUT2D eigenvalue weighted by Crippen LogP contribution is -2.35. The molecule has 3 N–H and O–H groups in total. The Balaban J connectivity index is 1.74. The molecule has 34 heavy (non-hydrogen) atoms. The molecule has 9 heteroatoms. The Morgan fingerprint density at radius 1 is 1.03 bits per heavy atom. The van der Waals surface area contributed by atoms with Crippen molar-refractivity contribution in [1.29, 1.82) is 5.26 Å². The number of carbonyl (C=O) groups is 3. The largest absolute Gasteiger partial charge is 0.444 e. The Morgan fingerprint density at radius 3 is 2.41 bits per heavy atom. The molecule has 0 radical (unpaired) electrons. The van der Waals surface area contributed by atoms with Gasteiger partial charge in [0.05, 0.1) is 6.07 Å². The molecule has 0 heterocycles. The lowest BCUT2D eigenvalue weighted by Gasteiger charge is -2.19. The van der Waals surface area contributed by atoms with Gasteiger partial charge in [0.2, 0.25) is 5.91 Å². The summed E-state index contributed by atoms with van der Waals surface area (Å²) in [6.07, 6.45) is -0.485. The van der Waals surface area contributed by atoms with E-state index in [1.54, 1.807) is 45.0 Å². The number of hydrogen-bond acceptors (Lipinski definition) is 6. The van der Waals surface area contributed by atoms with Crippen molar-refractivity contribution in [2.24, 2.45) is 0 Å². The number of amides is 3. The summed E-state index contributed by atoms with van der Waals surface area (Å²) in [7, 11) is 0. The number of nitrogens with one attached hydrogen (secondary N) is 3. The van der Waals surface area contributed by atoms with Gasteiger partial charge in [-0.25, -0.2) is 4.79 Å². The summed E-state index contributed by atoms with van der Waals surface area (Å²) in [5.74, 6) is -0.0419.